The average Bonchev–Trinajstić information content (AvgIpc) is 2.74. The smallest absolute Gasteiger partial charge is 0.303 e. The van der Waals surface area contributed by atoms with Crippen LogP contribution in [0.2, 0.25) is 0 Å². The zero-order valence-electron chi connectivity index (χ0n) is 11.9. The summed E-state index contributed by atoms with van der Waals surface area (Å²) in [6.45, 7) is 5.89. The number of nitrogens with zero attached hydrogens (tertiary/aromatic N) is 2. The molecule has 2 rings (SSSR count). The van der Waals surface area contributed by atoms with Crippen LogP contribution in [0.5, 0.6) is 0 Å². The predicted molar refractivity (Wildman–Crippen MR) is 74.3 cm³/mol. The third-order valence-corrected chi connectivity index (χ3v) is 2.98. The van der Waals surface area contributed by atoms with Gasteiger partial charge in [-0.1, -0.05) is 24.1 Å². The Labute approximate surface area is 117 Å². The quantitative estimate of drug-likeness (QED) is 0.907. The van der Waals surface area contributed by atoms with Crippen LogP contribution in [0.3, 0.4) is 0 Å². The maximum absolute atomic E-state index is 10.6. The molecule has 0 bridgehead atoms. The molecule has 0 aliphatic rings. The van der Waals surface area contributed by atoms with Gasteiger partial charge in [-0.3, -0.25) is 4.79 Å². The summed E-state index contributed by atoms with van der Waals surface area (Å²) in [7, 11) is 0. The van der Waals surface area contributed by atoms with E-state index in [1.807, 2.05) is 32.9 Å². The zero-order chi connectivity index (χ0) is 14.7. The first-order valence-corrected chi connectivity index (χ1v) is 6.57. The second-order valence-corrected chi connectivity index (χ2v) is 5.28. The van der Waals surface area contributed by atoms with Crippen molar-refractivity contribution >= 4 is 5.97 Å². The molecule has 0 aliphatic carbocycles. The largest absolute Gasteiger partial charge is 0.481 e. The molecule has 5 heteroatoms. The van der Waals surface area contributed by atoms with Crippen LogP contribution >= 0.6 is 0 Å². The van der Waals surface area contributed by atoms with Gasteiger partial charge in [0.1, 0.15) is 0 Å². The standard InChI is InChI=1S/C15H18N2O3/c1-9-4-10(2)6-12(5-9)15-17-16-13(20-15)7-11(3)8-14(18)19/h4-6,11H,7-8H2,1-3H3,(H,18,19). The molecule has 1 atom stereocenters. The second-order valence-electron chi connectivity index (χ2n) is 5.28. The van der Waals surface area contributed by atoms with E-state index in [1.54, 1.807) is 0 Å². The summed E-state index contributed by atoms with van der Waals surface area (Å²) in [5, 5.41) is 16.8. The Morgan fingerprint density at radius 2 is 1.90 bits per heavy atom. The second kappa shape index (κ2) is 5.86. The molecule has 1 unspecified atom stereocenters. The lowest BCUT2D eigenvalue weighted by Gasteiger charge is -2.04. The highest BCUT2D eigenvalue weighted by Crippen LogP contribution is 2.22. The molecular formula is C15H18N2O3. The predicted octanol–water partition coefficient (Wildman–Crippen LogP) is 3.01. The van der Waals surface area contributed by atoms with Crippen molar-refractivity contribution < 1.29 is 14.3 Å². The number of carbonyl (C=O) groups is 1. The molecule has 1 aromatic heterocycles. The molecule has 0 saturated carbocycles. The fraction of sp³-hybridized carbons (Fsp3) is 0.400. The zero-order valence-corrected chi connectivity index (χ0v) is 11.9. The number of carboxylic acid groups (broad SMARTS) is 1. The van der Waals surface area contributed by atoms with E-state index in [4.69, 9.17) is 9.52 Å². The first-order valence-electron chi connectivity index (χ1n) is 6.57. The highest BCUT2D eigenvalue weighted by Gasteiger charge is 2.14. The summed E-state index contributed by atoms with van der Waals surface area (Å²) in [6.07, 6.45) is 0.575. The maximum atomic E-state index is 10.6. The summed E-state index contributed by atoms with van der Waals surface area (Å²) >= 11 is 0. The first-order chi connectivity index (χ1) is 9.44. The molecule has 1 aromatic carbocycles. The Kier molecular flexibility index (Phi) is 4.17. The van der Waals surface area contributed by atoms with Crippen LogP contribution in [0, 0.1) is 19.8 Å². The average molecular weight is 274 g/mol. The van der Waals surface area contributed by atoms with Gasteiger partial charge in [0.05, 0.1) is 0 Å². The summed E-state index contributed by atoms with van der Waals surface area (Å²) in [5.74, 6) is 0.119. The van der Waals surface area contributed by atoms with Gasteiger partial charge < -0.3 is 9.52 Å². The molecule has 0 amide bonds. The molecule has 20 heavy (non-hydrogen) atoms. The van der Waals surface area contributed by atoms with Crippen molar-refractivity contribution in [1.29, 1.82) is 0 Å². The fourth-order valence-corrected chi connectivity index (χ4v) is 2.22. The highest BCUT2D eigenvalue weighted by molar-refractivity contribution is 5.67. The normalized spacial score (nSPS) is 12.3. The van der Waals surface area contributed by atoms with Crippen molar-refractivity contribution in [3.8, 4) is 11.5 Å². The van der Waals surface area contributed by atoms with Gasteiger partial charge in [0.15, 0.2) is 0 Å². The molecule has 0 fully saturated rings. The number of benzene rings is 1. The summed E-state index contributed by atoms with van der Waals surface area (Å²) in [6, 6.07) is 6.06. The molecule has 2 aromatic rings. The van der Waals surface area contributed by atoms with Crippen molar-refractivity contribution in [2.75, 3.05) is 0 Å². The van der Waals surface area contributed by atoms with Crippen LogP contribution in [-0.2, 0) is 11.2 Å². The van der Waals surface area contributed by atoms with Gasteiger partial charge in [-0.15, -0.1) is 10.2 Å². The van der Waals surface area contributed by atoms with Crippen molar-refractivity contribution in [3.05, 3.63) is 35.2 Å². The molecular weight excluding hydrogens is 256 g/mol. The molecule has 0 saturated heterocycles. The molecule has 1 N–H and O–H groups in total. The lowest BCUT2D eigenvalue weighted by atomic mass is 10.0. The minimum absolute atomic E-state index is 0.0277. The van der Waals surface area contributed by atoms with E-state index in [0.29, 0.717) is 18.2 Å². The molecule has 5 nitrogen and oxygen atoms in total. The number of carboxylic acids is 1. The lowest BCUT2D eigenvalue weighted by molar-refractivity contribution is -0.137. The monoisotopic (exact) mass is 274 g/mol. The third kappa shape index (κ3) is 3.66. The minimum Gasteiger partial charge on any atom is -0.481 e. The van der Waals surface area contributed by atoms with Crippen LogP contribution in [0.1, 0.15) is 30.4 Å². The van der Waals surface area contributed by atoms with Crippen molar-refractivity contribution in [2.45, 2.75) is 33.6 Å². The minimum atomic E-state index is -0.813. The number of hydrogen-bond acceptors (Lipinski definition) is 4. The fourth-order valence-electron chi connectivity index (χ4n) is 2.22. The van der Waals surface area contributed by atoms with E-state index in [0.717, 1.165) is 16.7 Å². The third-order valence-electron chi connectivity index (χ3n) is 2.98. The van der Waals surface area contributed by atoms with Crippen LogP contribution in [0.25, 0.3) is 11.5 Å². The van der Waals surface area contributed by atoms with Gasteiger partial charge in [0.2, 0.25) is 11.8 Å². The van der Waals surface area contributed by atoms with E-state index in [-0.39, 0.29) is 12.3 Å². The Hall–Kier alpha value is -2.17. The van der Waals surface area contributed by atoms with Gasteiger partial charge in [-0.05, 0) is 31.9 Å². The topological polar surface area (TPSA) is 76.2 Å². The summed E-state index contributed by atoms with van der Waals surface area (Å²) < 4.78 is 5.62. The number of rotatable bonds is 5. The van der Waals surface area contributed by atoms with E-state index in [9.17, 15) is 4.79 Å². The number of hydrogen-bond donors (Lipinski definition) is 1. The van der Waals surface area contributed by atoms with Crippen LogP contribution < -0.4 is 0 Å². The number of aliphatic carboxylic acids is 1. The Morgan fingerprint density at radius 3 is 2.50 bits per heavy atom. The molecule has 106 valence electrons. The Balaban J connectivity index is 2.14. The molecule has 0 aliphatic heterocycles. The van der Waals surface area contributed by atoms with Crippen molar-refractivity contribution in [3.63, 3.8) is 0 Å². The van der Waals surface area contributed by atoms with Gasteiger partial charge >= 0.3 is 5.97 Å². The maximum Gasteiger partial charge on any atom is 0.303 e. The molecule has 1 heterocycles. The Bertz CT molecular complexity index is 599. The Morgan fingerprint density at radius 1 is 1.25 bits per heavy atom. The van der Waals surface area contributed by atoms with E-state index >= 15 is 0 Å². The van der Waals surface area contributed by atoms with E-state index < -0.39 is 5.97 Å². The van der Waals surface area contributed by atoms with Gasteiger partial charge in [0.25, 0.3) is 0 Å². The molecule has 0 spiro atoms. The van der Waals surface area contributed by atoms with E-state index in [1.165, 1.54) is 0 Å². The lowest BCUT2D eigenvalue weighted by Crippen LogP contribution is -2.07. The first kappa shape index (κ1) is 14.2. The van der Waals surface area contributed by atoms with Crippen molar-refractivity contribution in [1.82, 2.24) is 10.2 Å². The number of aryl methyl sites for hydroxylation is 2. The molecule has 0 radical (unpaired) electrons. The van der Waals surface area contributed by atoms with Crippen molar-refractivity contribution in [2.24, 2.45) is 5.92 Å². The summed E-state index contributed by atoms with van der Waals surface area (Å²) in [5.41, 5.74) is 3.17. The van der Waals surface area contributed by atoms with Crippen LogP contribution in [0.15, 0.2) is 22.6 Å². The highest BCUT2D eigenvalue weighted by atomic mass is 16.4. The van der Waals surface area contributed by atoms with Gasteiger partial charge in [-0.2, -0.15) is 0 Å². The SMILES string of the molecule is Cc1cc(C)cc(-c2nnc(CC(C)CC(=O)O)o2)c1. The van der Waals surface area contributed by atoms with E-state index in [2.05, 4.69) is 16.3 Å². The van der Waals surface area contributed by atoms with Crippen LogP contribution in [0.4, 0.5) is 0 Å². The van der Waals surface area contributed by atoms with Gasteiger partial charge in [-0.25, -0.2) is 0 Å². The van der Waals surface area contributed by atoms with Gasteiger partial charge in [0, 0.05) is 18.4 Å². The summed E-state index contributed by atoms with van der Waals surface area (Å²) in [4.78, 5) is 10.6. The van der Waals surface area contributed by atoms with Crippen LogP contribution in [-0.4, -0.2) is 21.3 Å². The number of aromatic nitrogens is 2.